The number of aromatic nitrogens is 6. The summed E-state index contributed by atoms with van der Waals surface area (Å²) in [4.78, 5) is 14.6. The second kappa shape index (κ2) is 5.92. The van der Waals surface area contributed by atoms with Crippen molar-refractivity contribution < 1.29 is 9.45 Å². The quantitative estimate of drug-likeness (QED) is 0.442. The van der Waals surface area contributed by atoms with Crippen LogP contribution in [0.5, 0.6) is 0 Å². The van der Waals surface area contributed by atoms with Gasteiger partial charge < -0.3 is 4.52 Å². The predicted octanol–water partition coefficient (Wildman–Crippen LogP) is 2.74. The fourth-order valence-electron chi connectivity index (χ4n) is 2.50. The maximum absolute atomic E-state index is 10.7. The third kappa shape index (κ3) is 2.62. The molecule has 3 aromatic heterocycles. The molecule has 0 saturated heterocycles. The summed E-state index contributed by atoms with van der Waals surface area (Å²) >= 11 is 0. The molecular weight excluding hydrogens is 338 g/mol. The molecular formula is C16H13N7O3. The van der Waals surface area contributed by atoms with Crippen LogP contribution in [0.1, 0.15) is 5.69 Å². The normalized spacial score (nSPS) is 11.0. The second-order valence-corrected chi connectivity index (χ2v) is 5.66. The Morgan fingerprint density at radius 2 is 2.04 bits per heavy atom. The van der Waals surface area contributed by atoms with Gasteiger partial charge in [-0.15, -0.1) is 0 Å². The van der Waals surface area contributed by atoms with Crippen molar-refractivity contribution in [3.63, 3.8) is 0 Å². The van der Waals surface area contributed by atoms with E-state index in [4.69, 9.17) is 4.52 Å². The lowest BCUT2D eigenvalue weighted by atomic mass is 10.2. The number of benzene rings is 1. The molecule has 1 N–H and O–H groups in total. The van der Waals surface area contributed by atoms with Gasteiger partial charge in [-0.3, -0.25) is 19.9 Å². The zero-order valence-corrected chi connectivity index (χ0v) is 13.9. The van der Waals surface area contributed by atoms with Crippen LogP contribution in [-0.4, -0.2) is 35.0 Å². The van der Waals surface area contributed by atoms with Gasteiger partial charge in [0.15, 0.2) is 0 Å². The molecule has 0 saturated carbocycles. The van der Waals surface area contributed by atoms with Gasteiger partial charge in [-0.05, 0) is 25.1 Å². The average Bonchev–Trinajstić information content (AvgIpc) is 3.36. The van der Waals surface area contributed by atoms with E-state index in [1.807, 2.05) is 14.0 Å². The average molecular weight is 351 g/mol. The van der Waals surface area contributed by atoms with Crippen LogP contribution in [0.15, 0.2) is 41.1 Å². The zero-order chi connectivity index (χ0) is 18.3. The van der Waals surface area contributed by atoms with Crippen molar-refractivity contribution in [2.45, 2.75) is 6.92 Å². The fraction of sp³-hybridized carbons (Fsp3) is 0.125. The minimum absolute atomic E-state index is 0.00233. The van der Waals surface area contributed by atoms with Crippen molar-refractivity contribution in [1.29, 1.82) is 0 Å². The Balaban J connectivity index is 1.62. The summed E-state index contributed by atoms with van der Waals surface area (Å²) in [6.45, 7) is 1.95. The van der Waals surface area contributed by atoms with Crippen LogP contribution >= 0.6 is 0 Å². The largest absolute Gasteiger partial charge is 0.332 e. The summed E-state index contributed by atoms with van der Waals surface area (Å²) in [7, 11) is 1.86. The highest BCUT2D eigenvalue weighted by Crippen LogP contribution is 2.27. The van der Waals surface area contributed by atoms with Gasteiger partial charge >= 0.3 is 0 Å². The smallest absolute Gasteiger partial charge is 0.276 e. The van der Waals surface area contributed by atoms with Crippen LogP contribution in [0, 0.1) is 17.0 Å². The van der Waals surface area contributed by atoms with Crippen LogP contribution in [-0.2, 0) is 7.05 Å². The number of aromatic amines is 1. The molecule has 0 unspecified atom stereocenters. The Bertz CT molecular complexity index is 1090. The lowest BCUT2D eigenvalue weighted by Gasteiger charge is -1.94. The van der Waals surface area contributed by atoms with Crippen LogP contribution in [0.4, 0.5) is 5.69 Å². The number of H-pyrrole nitrogens is 1. The van der Waals surface area contributed by atoms with E-state index in [9.17, 15) is 10.1 Å². The van der Waals surface area contributed by atoms with E-state index < -0.39 is 4.92 Å². The lowest BCUT2D eigenvalue weighted by molar-refractivity contribution is -0.384. The van der Waals surface area contributed by atoms with E-state index in [2.05, 4.69) is 25.4 Å². The first-order valence-electron chi connectivity index (χ1n) is 7.66. The lowest BCUT2D eigenvalue weighted by Crippen LogP contribution is -1.92. The highest BCUT2D eigenvalue weighted by atomic mass is 16.6. The molecule has 0 atom stereocenters. The molecule has 0 aliphatic rings. The minimum Gasteiger partial charge on any atom is -0.332 e. The molecule has 4 aromatic rings. The number of nitro groups is 1. The maximum Gasteiger partial charge on any atom is 0.276 e. The van der Waals surface area contributed by atoms with Crippen LogP contribution in [0.25, 0.3) is 34.2 Å². The van der Waals surface area contributed by atoms with Gasteiger partial charge in [-0.2, -0.15) is 15.2 Å². The molecule has 0 bridgehead atoms. The summed E-state index contributed by atoms with van der Waals surface area (Å²) in [5.41, 5.74) is 3.81. The molecule has 10 heteroatoms. The van der Waals surface area contributed by atoms with Crippen molar-refractivity contribution in [2.75, 3.05) is 0 Å². The maximum atomic E-state index is 10.7. The van der Waals surface area contributed by atoms with E-state index in [1.165, 1.54) is 12.1 Å². The van der Waals surface area contributed by atoms with Crippen molar-refractivity contribution in [3.05, 3.63) is 52.3 Å². The summed E-state index contributed by atoms with van der Waals surface area (Å²) in [6, 6.07) is 7.74. The Morgan fingerprint density at radius 1 is 1.27 bits per heavy atom. The third-order valence-electron chi connectivity index (χ3n) is 4.08. The number of nitro benzene ring substituents is 1. The minimum atomic E-state index is -0.460. The summed E-state index contributed by atoms with van der Waals surface area (Å²) in [6.07, 6.45) is 1.74. The number of hydrogen-bond acceptors (Lipinski definition) is 7. The van der Waals surface area contributed by atoms with Gasteiger partial charge in [-0.1, -0.05) is 5.16 Å². The second-order valence-electron chi connectivity index (χ2n) is 5.66. The van der Waals surface area contributed by atoms with E-state index in [1.54, 1.807) is 29.1 Å². The summed E-state index contributed by atoms with van der Waals surface area (Å²) < 4.78 is 7.05. The van der Waals surface area contributed by atoms with Gasteiger partial charge in [-0.25, -0.2) is 0 Å². The van der Waals surface area contributed by atoms with E-state index in [0.29, 0.717) is 17.1 Å². The van der Waals surface area contributed by atoms with Crippen LogP contribution < -0.4 is 0 Å². The zero-order valence-electron chi connectivity index (χ0n) is 13.9. The molecule has 4 rings (SSSR count). The first kappa shape index (κ1) is 15.7. The molecule has 0 radical (unpaired) electrons. The predicted molar refractivity (Wildman–Crippen MR) is 90.9 cm³/mol. The number of hydrogen-bond donors (Lipinski definition) is 1. The van der Waals surface area contributed by atoms with E-state index in [0.717, 1.165) is 17.0 Å². The van der Waals surface area contributed by atoms with Crippen molar-refractivity contribution in [3.8, 4) is 34.2 Å². The molecule has 0 amide bonds. The summed E-state index contributed by atoms with van der Waals surface area (Å²) in [5, 5.41) is 26.0. The van der Waals surface area contributed by atoms with Crippen molar-refractivity contribution in [2.24, 2.45) is 7.05 Å². The Kier molecular flexibility index (Phi) is 3.57. The fourth-order valence-corrected chi connectivity index (χ4v) is 2.50. The molecule has 130 valence electrons. The standard InChI is InChI=1S/C16H13N7O3/c1-9-12(8-17-22(9)2)13-7-14(20-19-13)16-18-15(21-26-16)10-3-5-11(6-4-10)23(24)25/h3-8H,1-2H3,(H,19,20). The number of nitrogens with one attached hydrogen (secondary N) is 1. The van der Waals surface area contributed by atoms with Gasteiger partial charge in [0, 0.05) is 36.0 Å². The first-order valence-corrected chi connectivity index (χ1v) is 7.66. The number of nitrogens with zero attached hydrogens (tertiary/aromatic N) is 6. The van der Waals surface area contributed by atoms with Crippen LogP contribution in [0.3, 0.4) is 0 Å². The molecule has 1 aromatic carbocycles. The SMILES string of the molecule is Cc1c(-c2cc(-c3nc(-c4ccc([N+](=O)[O-])cc4)no3)[nH]n2)cnn1C. The van der Waals surface area contributed by atoms with Crippen LogP contribution in [0.2, 0.25) is 0 Å². The van der Waals surface area contributed by atoms with Gasteiger partial charge in [0.25, 0.3) is 11.6 Å². The highest BCUT2D eigenvalue weighted by Gasteiger charge is 2.16. The van der Waals surface area contributed by atoms with E-state index >= 15 is 0 Å². The third-order valence-corrected chi connectivity index (χ3v) is 4.08. The highest BCUT2D eigenvalue weighted by molar-refractivity contribution is 5.66. The number of non-ortho nitro benzene ring substituents is 1. The molecule has 26 heavy (non-hydrogen) atoms. The molecule has 0 fully saturated rings. The molecule has 0 spiro atoms. The molecule has 10 nitrogen and oxygen atoms in total. The summed E-state index contributed by atoms with van der Waals surface area (Å²) in [5.74, 6) is 0.613. The number of rotatable bonds is 4. The molecule has 0 aliphatic heterocycles. The molecule has 3 heterocycles. The Hall–Kier alpha value is -3.82. The monoisotopic (exact) mass is 351 g/mol. The Morgan fingerprint density at radius 3 is 2.69 bits per heavy atom. The number of aryl methyl sites for hydroxylation is 1. The van der Waals surface area contributed by atoms with E-state index in [-0.39, 0.29) is 11.6 Å². The van der Waals surface area contributed by atoms with Gasteiger partial charge in [0.05, 0.1) is 16.8 Å². The van der Waals surface area contributed by atoms with Gasteiger partial charge in [0.2, 0.25) is 5.82 Å². The first-order chi connectivity index (χ1) is 12.5. The Labute approximate surface area is 146 Å². The van der Waals surface area contributed by atoms with Gasteiger partial charge in [0.1, 0.15) is 5.69 Å². The molecule has 0 aliphatic carbocycles. The van der Waals surface area contributed by atoms with Crippen molar-refractivity contribution in [1.82, 2.24) is 30.1 Å². The topological polar surface area (TPSA) is 129 Å². The van der Waals surface area contributed by atoms with Crippen molar-refractivity contribution >= 4 is 5.69 Å².